The average molecular weight is 305 g/mol. The second-order valence-corrected chi connectivity index (χ2v) is 4.91. The smallest absolute Gasteiger partial charge is 0.224 e. The van der Waals surface area contributed by atoms with E-state index >= 15 is 0 Å². The number of hydrogen-bond acceptors (Lipinski definition) is 2. The molecule has 0 saturated carbocycles. The zero-order valence-electron chi connectivity index (χ0n) is 11.3. The Labute approximate surface area is 123 Å². The van der Waals surface area contributed by atoms with Crippen molar-refractivity contribution in [1.29, 1.82) is 0 Å². The van der Waals surface area contributed by atoms with Crippen molar-refractivity contribution >= 4 is 18.3 Å². The minimum absolute atomic E-state index is 0. The highest BCUT2D eigenvalue weighted by molar-refractivity contribution is 5.85. The lowest BCUT2D eigenvalue weighted by atomic mass is 9.97. The van der Waals surface area contributed by atoms with Crippen LogP contribution in [0.25, 0.3) is 0 Å². The highest BCUT2D eigenvalue weighted by atomic mass is 35.5. The lowest BCUT2D eigenvalue weighted by Crippen LogP contribution is -2.41. The molecule has 112 valence electrons. The van der Waals surface area contributed by atoms with Crippen LogP contribution in [0.4, 0.5) is 8.78 Å². The molecule has 0 radical (unpaired) electrons. The van der Waals surface area contributed by atoms with E-state index in [9.17, 15) is 13.6 Å². The van der Waals surface area contributed by atoms with Gasteiger partial charge in [0.25, 0.3) is 0 Å². The Morgan fingerprint density at radius 1 is 1.40 bits per heavy atom. The van der Waals surface area contributed by atoms with E-state index in [2.05, 4.69) is 10.6 Å². The van der Waals surface area contributed by atoms with Gasteiger partial charge in [-0.25, -0.2) is 8.78 Å². The number of carbonyl (C=O) groups is 1. The van der Waals surface area contributed by atoms with Gasteiger partial charge in [0.1, 0.15) is 11.6 Å². The fourth-order valence-electron chi connectivity index (χ4n) is 2.40. The topological polar surface area (TPSA) is 41.1 Å². The Balaban J connectivity index is 0.00000200. The van der Waals surface area contributed by atoms with E-state index in [1.807, 2.05) is 0 Å². The summed E-state index contributed by atoms with van der Waals surface area (Å²) in [5.74, 6) is -1.53. The van der Waals surface area contributed by atoms with Crippen LogP contribution >= 0.6 is 12.4 Å². The molecule has 3 nitrogen and oxygen atoms in total. The molecule has 6 heteroatoms. The SMILES string of the molecule is CC(NC(=O)C1CCCNC1)c1c(F)cccc1F.Cl. The minimum Gasteiger partial charge on any atom is -0.349 e. The number of benzene rings is 1. The highest BCUT2D eigenvalue weighted by Gasteiger charge is 2.24. The van der Waals surface area contributed by atoms with Crippen molar-refractivity contribution in [2.45, 2.75) is 25.8 Å². The van der Waals surface area contributed by atoms with Crippen LogP contribution in [0.2, 0.25) is 0 Å². The zero-order chi connectivity index (χ0) is 13.8. The van der Waals surface area contributed by atoms with Gasteiger partial charge in [-0.05, 0) is 38.4 Å². The van der Waals surface area contributed by atoms with Crippen LogP contribution in [0.15, 0.2) is 18.2 Å². The Morgan fingerprint density at radius 3 is 2.60 bits per heavy atom. The molecule has 0 spiro atoms. The molecule has 1 fully saturated rings. The molecule has 2 N–H and O–H groups in total. The second-order valence-electron chi connectivity index (χ2n) is 4.91. The van der Waals surface area contributed by atoms with Gasteiger partial charge in [0, 0.05) is 12.1 Å². The maximum Gasteiger partial charge on any atom is 0.224 e. The van der Waals surface area contributed by atoms with E-state index in [1.165, 1.54) is 18.2 Å². The predicted octanol–water partition coefficient (Wildman–Crippen LogP) is 2.56. The minimum atomic E-state index is -0.671. The first kappa shape index (κ1) is 16.9. The predicted molar refractivity (Wildman–Crippen MR) is 75.8 cm³/mol. The number of amides is 1. The Morgan fingerprint density at radius 2 is 2.05 bits per heavy atom. The standard InChI is InChI=1S/C14H18F2N2O.ClH/c1-9(13-11(15)5-2-6-12(13)16)18-14(19)10-4-3-7-17-8-10;/h2,5-6,9-10,17H,3-4,7-8H2,1H3,(H,18,19);1H. The van der Waals surface area contributed by atoms with Gasteiger partial charge in [-0.1, -0.05) is 6.07 Å². The third-order valence-electron chi connectivity index (χ3n) is 3.46. The summed E-state index contributed by atoms with van der Waals surface area (Å²) in [5.41, 5.74) is -0.0837. The van der Waals surface area contributed by atoms with Crippen molar-refractivity contribution in [2.75, 3.05) is 13.1 Å². The molecule has 1 aromatic rings. The van der Waals surface area contributed by atoms with Crippen molar-refractivity contribution in [3.63, 3.8) is 0 Å². The molecule has 20 heavy (non-hydrogen) atoms. The van der Waals surface area contributed by atoms with Gasteiger partial charge < -0.3 is 10.6 Å². The van der Waals surface area contributed by atoms with E-state index in [0.717, 1.165) is 19.4 Å². The van der Waals surface area contributed by atoms with Gasteiger partial charge in [-0.2, -0.15) is 0 Å². The van der Waals surface area contributed by atoms with E-state index < -0.39 is 17.7 Å². The summed E-state index contributed by atoms with van der Waals surface area (Å²) in [5, 5.41) is 5.83. The Kier molecular flexibility index (Phi) is 6.36. The Bertz CT molecular complexity index is 444. The molecule has 2 rings (SSSR count). The van der Waals surface area contributed by atoms with Gasteiger partial charge >= 0.3 is 0 Å². The van der Waals surface area contributed by atoms with E-state index in [-0.39, 0.29) is 29.8 Å². The number of halogens is 3. The summed E-state index contributed by atoms with van der Waals surface area (Å²) < 4.78 is 27.2. The quantitative estimate of drug-likeness (QED) is 0.901. The van der Waals surface area contributed by atoms with Crippen molar-refractivity contribution in [1.82, 2.24) is 10.6 Å². The summed E-state index contributed by atoms with van der Waals surface area (Å²) in [6.07, 6.45) is 1.76. The molecule has 1 aliphatic heterocycles. The van der Waals surface area contributed by atoms with Crippen LogP contribution in [0, 0.1) is 17.6 Å². The van der Waals surface area contributed by atoms with Crippen molar-refractivity contribution < 1.29 is 13.6 Å². The van der Waals surface area contributed by atoms with Gasteiger partial charge in [-0.3, -0.25) is 4.79 Å². The maximum atomic E-state index is 13.6. The summed E-state index contributed by atoms with van der Waals surface area (Å²) in [7, 11) is 0. The first-order valence-corrected chi connectivity index (χ1v) is 6.54. The van der Waals surface area contributed by atoms with Gasteiger partial charge in [0.15, 0.2) is 0 Å². The molecular formula is C14H19ClF2N2O. The lowest BCUT2D eigenvalue weighted by molar-refractivity contribution is -0.126. The number of carbonyl (C=O) groups excluding carboxylic acids is 1. The molecule has 1 saturated heterocycles. The van der Waals surface area contributed by atoms with Crippen LogP contribution in [0.3, 0.4) is 0 Å². The first-order valence-electron chi connectivity index (χ1n) is 6.54. The third kappa shape index (κ3) is 3.90. The molecule has 1 aromatic carbocycles. The molecule has 0 aromatic heterocycles. The first-order chi connectivity index (χ1) is 9.09. The van der Waals surface area contributed by atoms with Gasteiger partial charge in [0.05, 0.1) is 12.0 Å². The zero-order valence-corrected chi connectivity index (χ0v) is 12.1. The van der Waals surface area contributed by atoms with Crippen LogP contribution < -0.4 is 10.6 Å². The summed E-state index contributed by atoms with van der Waals surface area (Å²) in [6.45, 7) is 3.13. The molecule has 0 bridgehead atoms. The van der Waals surface area contributed by atoms with Crippen molar-refractivity contribution in [3.8, 4) is 0 Å². The van der Waals surface area contributed by atoms with E-state index in [4.69, 9.17) is 0 Å². The fraction of sp³-hybridized carbons (Fsp3) is 0.500. The number of rotatable bonds is 3. The van der Waals surface area contributed by atoms with Crippen LogP contribution in [-0.4, -0.2) is 19.0 Å². The Hall–Kier alpha value is -1.20. The number of piperidine rings is 1. The van der Waals surface area contributed by atoms with Crippen molar-refractivity contribution in [3.05, 3.63) is 35.4 Å². The average Bonchev–Trinajstić information content (AvgIpc) is 2.39. The molecule has 1 heterocycles. The summed E-state index contributed by atoms with van der Waals surface area (Å²) >= 11 is 0. The number of nitrogens with one attached hydrogen (secondary N) is 2. The van der Waals surface area contributed by atoms with Gasteiger partial charge in [0.2, 0.25) is 5.91 Å². The maximum absolute atomic E-state index is 13.6. The third-order valence-corrected chi connectivity index (χ3v) is 3.46. The lowest BCUT2D eigenvalue weighted by Gasteiger charge is -2.24. The molecule has 2 atom stereocenters. The van der Waals surface area contributed by atoms with Crippen LogP contribution in [0.1, 0.15) is 31.4 Å². The van der Waals surface area contributed by atoms with Gasteiger partial charge in [-0.15, -0.1) is 12.4 Å². The molecule has 2 unspecified atom stereocenters. The van der Waals surface area contributed by atoms with Crippen molar-refractivity contribution in [2.24, 2.45) is 5.92 Å². The van der Waals surface area contributed by atoms with E-state index in [1.54, 1.807) is 6.92 Å². The van der Waals surface area contributed by atoms with Crippen LogP contribution in [0.5, 0.6) is 0 Å². The van der Waals surface area contributed by atoms with E-state index in [0.29, 0.717) is 6.54 Å². The largest absolute Gasteiger partial charge is 0.349 e. The van der Waals surface area contributed by atoms with Crippen LogP contribution in [-0.2, 0) is 4.79 Å². The number of hydrogen-bond donors (Lipinski definition) is 2. The second kappa shape index (κ2) is 7.55. The highest BCUT2D eigenvalue weighted by Crippen LogP contribution is 2.21. The summed E-state index contributed by atoms with van der Waals surface area (Å²) in [6, 6.07) is 3.04. The normalized spacial score (nSPS) is 19.9. The monoisotopic (exact) mass is 304 g/mol. The molecular weight excluding hydrogens is 286 g/mol. The fourth-order valence-corrected chi connectivity index (χ4v) is 2.40. The molecule has 0 aliphatic carbocycles. The molecule has 1 aliphatic rings. The summed E-state index contributed by atoms with van der Waals surface area (Å²) in [4.78, 5) is 12.0. The molecule has 1 amide bonds.